The summed E-state index contributed by atoms with van der Waals surface area (Å²) in [6, 6.07) is 5.16. The number of nitrogens with one attached hydrogen (secondary N) is 2. The van der Waals surface area contributed by atoms with Crippen LogP contribution in [0.1, 0.15) is 17.9 Å². The van der Waals surface area contributed by atoms with Crippen LogP contribution in [0, 0.1) is 5.82 Å². The molecule has 2 N–H and O–H groups in total. The quantitative estimate of drug-likeness (QED) is 0.834. The summed E-state index contributed by atoms with van der Waals surface area (Å²) in [4.78, 5) is 48.7. The van der Waals surface area contributed by atoms with Crippen molar-refractivity contribution in [2.75, 3.05) is 10.6 Å². The van der Waals surface area contributed by atoms with Crippen LogP contribution in [0.5, 0.6) is 0 Å². The lowest BCUT2D eigenvalue weighted by Crippen LogP contribution is -2.39. The lowest BCUT2D eigenvalue weighted by Gasteiger charge is -2.11. The van der Waals surface area contributed by atoms with E-state index in [0.29, 0.717) is 5.69 Å². The molecule has 1 atom stereocenters. The summed E-state index contributed by atoms with van der Waals surface area (Å²) >= 11 is 0. The van der Waals surface area contributed by atoms with Gasteiger partial charge in [-0.25, -0.2) is 9.18 Å². The number of benzene rings is 1. The van der Waals surface area contributed by atoms with Crippen LogP contribution < -0.4 is 21.9 Å². The first-order valence-electron chi connectivity index (χ1n) is 7.45. The van der Waals surface area contributed by atoms with E-state index in [1.807, 2.05) is 0 Å². The number of carbonyl (C=O) groups is 2. The largest absolute Gasteiger partial charge is 0.332 e. The minimum absolute atomic E-state index is 0.0869. The van der Waals surface area contributed by atoms with Crippen molar-refractivity contribution in [3.63, 3.8) is 0 Å². The standard InChI is InChI=1S/C16H15FN4O4/c1-20-13-12(15(24)21(2)16(20)25)10(14(23)19-13)7-11(22)18-9-5-3-8(17)4-6-9/h3-6,10H,7H2,1-2H3,(H,18,22)(H,19,23)/t10-/m1/s1. The van der Waals surface area contributed by atoms with Gasteiger partial charge in [0.05, 0.1) is 11.5 Å². The number of anilines is 2. The molecule has 2 aromatic rings. The van der Waals surface area contributed by atoms with Crippen LogP contribution in [0.2, 0.25) is 0 Å². The molecule has 1 aromatic carbocycles. The lowest BCUT2D eigenvalue weighted by molar-refractivity contribution is -0.122. The predicted molar refractivity (Wildman–Crippen MR) is 87.9 cm³/mol. The predicted octanol–water partition coefficient (Wildman–Crippen LogP) is 0.288. The molecule has 130 valence electrons. The van der Waals surface area contributed by atoms with E-state index < -0.39 is 34.8 Å². The van der Waals surface area contributed by atoms with Crippen LogP contribution in [-0.4, -0.2) is 20.9 Å². The number of halogens is 1. The SMILES string of the molecule is Cn1c2c(c(=O)n(C)c1=O)[C@@H](CC(=O)Nc1ccc(F)cc1)C(=O)N2. The number of hydrogen-bond donors (Lipinski definition) is 2. The van der Waals surface area contributed by atoms with Crippen LogP contribution in [-0.2, 0) is 23.7 Å². The second-order valence-electron chi connectivity index (χ2n) is 5.77. The van der Waals surface area contributed by atoms with Crippen molar-refractivity contribution in [2.45, 2.75) is 12.3 Å². The molecule has 0 radical (unpaired) electrons. The number of nitrogens with zero attached hydrogens (tertiary/aromatic N) is 2. The highest BCUT2D eigenvalue weighted by molar-refractivity contribution is 6.05. The maximum absolute atomic E-state index is 12.9. The molecule has 1 aliphatic rings. The van der Waals surface area contributed by atoms with Gasteiger partial charge >= 0.3 is 5.69 Å². The normalized spacial score (nSPS) is 15.6. The third kappa shape index (κ3) is 2.84. The maximum Gasteiger partial charge on any atom is 0.332 e. The van der Waals surface area contributed by atoms with E-state index in [9.17, 15) is 23.6 Å². The van der Waals surface area contributed by atoms with Crippen molar-refractivity contribution < 1.29 is 14.0 Å². The Hall–Kier alpha value is -3.23. The summed E-state index contributed by atoms with van der Waals surface area (Å²) in [7, 11) is 2.74. The molecule has 8 nitrogen and oxygen atoms in total. The van der Waals surface area contributed by atoms with Crippen LogP contribution >= 0.6 is 0 Å². The van der Waals surface area contributed by atoms with Crippen LogP contribution in [0.3, 0.4) is 0 Å². The van der Waals surface area contributed by atoms with Gasteiger partial charge in [-0.05, 0) is 24.3 Å². The Labute approximate surface area is 140 Å². The van der Waals surface area contributed by atoms with Crippen LogP contribution in [0.25, 0.3) is 0 Å². The van der Waals surface area contributed by atoms with Crippen molar-refractivity contribution in [1.29, 1.82) is 0 Å². The molecule has 9 heteroatoms. The Morgan fingerprint density at radius 3 is 2.44 bits per heavy atom. The molecule has 0 unspecified atom stereocenters. The van der Waals surface area contributed by atoms with Gasteiger partial charge in [0.15, 0.2) is 0 Å². The van der Waals surface area contributed by atoms with E-state index in [-0.39, 0.29) is 17.8 Å². The molecule has 1 aromatic heterocycles. The van der Waals surface area contributed by atoms with Gasteiger partial charge in [0.2, 0.25) is 11.8 Å². The van der Waals surface area contributed by atoms with Crippen molar-refractivity contribution in [3.05, 3.63) is 56.5 Å². The molecule has 1 aliphatic heterocycles. The van der Waals surface area contributed by atoms with E-state index in [4.69, 9.17) is 0 Å². The summed E-state index contributed by atoms with van der Waals surface area (Å²) in [5.74, 6) is -2.36. The van der Waals surface area contributed by atoms with Crippen molar-refractivity contribution in [3.8, 4) is 0 Å². The zero-order valence-corrected chi connectivity index (χ0v) is 13.5. The first-order chi connectivity index (χ1) is 11.8. The van der Waals surface area contributed by atoms with Crippen molar-refractivity contribution >= 4 is 23.3 Å². The number of rotatable bonds is 3. The third-order valence-corrected chi connectivity index (χ3v) is 4.12. The van der Waals surface area contributed by atoms with E-state index in [2.05, 4.69) is 10.6 Å². The minimum atomic E-state index is -0.999. The Kier molecular flexibility index (Phi) is 3.99. The average Bonchev–Trinajstić information content (AvgIpc) is 2.90. The average molecular weight is 346 g/mol. The van der Waals surface area contributed by atoms with Gasteiger partial charge < -0.3 is 10.6 Å². The van der Waals surface area contributed by atoms with Gasteiger partial charge in [-0.1, -0.05) is 0 Å². The second kappa shape index (κ2) is 6.00. The molecule has 2 amide bonds. The highest BCUT2D eigenvalue weighted by Crippen LogP contribution is 2.31. The van der Waals surface area contributed by atoms with Gasteiger partial charge in [-0.15, -0.1) is 0 Å². The Bertz CT molecular complexity index is 991. The lowest BCUT2D eigenvalue weighted by atomic mass is 9.99. The number of amides is 2. The van der Waals surface area contributed by atoms with Gasteiger partial charge in [0.25, 0.3) is 5.56 Å². The minimum Gasteiger partial charge on any atom is -0.326 e. The van der Waals surface area contributed by atoms with Crippen molar-refractivity contribution in [1.82, 2.24) is 9.13 Å². The Morgan fingerprint density at radius 1 is 1.16 bits per heavy atom. The molecule has 0 spiro atoms. The number of carbonyl (C=O) groups excluding carboxylic acids is 2. The van der Waals surface area contributed by atoms with E-state index in [1.54, 1.807) is 0 Å². The fourth-order valence-corrected chi connectivity index (χ4v) is 2.80. The molecule has 0 saturated heterocycles. The zero-order chi connectivity index (χ0) is 18.3. The smallest absolute Gasteiger partial charge is 0.326 e. The fourth-order valence-electron chi connectivity index (χ4n) is 2.80. The van der Waals surface area contributed by atoms with Crippen molar-refractivity contribution in [2.24, 2.45) is 14.1 Å². The maximum atomic E-state index is 12.9. The molecule has 0 saturated carbocycles. The fraction of sp³-hybridized carbons (Fsp3) is 0.250. The molecule has 3 rings (SSSR count). The van der Waals surface area contributed by atoms with E-state index >= 15 is 0 Å². The Balaban J connectivity index is 1.89. The molecule has 0 fully saturated rings. The highest BCUT2D eigenvalue weighted by Gasteiger charge is 2.37. The summed E-state index contributed by atoms with van der Waals surface area (Å²) in [5.41, 5.74) is -0.723. The van der Waals surface area contributed by atoms with Gasteiger partial charge in [0.1, 0.15) is 11.6 Å². The monoisotopic (exact) mass is 346 g/mol. The second-order valence-corrected chi connectivity index (χ2v) is 5.77. The zero-order valence-electron chi connectivity index (χ0n) is 13.5. The first kappa shape index (κ1) is 16.6. The summed E-state index contributed by atoms with van der Waals surface area (Å²) < 4.78 is 14.9. The molecular formula is C16H15FN4O4. The topological polar surface area (TPSA) is 102 Å². The summed E-state index contributed by atoms with van der Waals surface area (Å²) in [6.45, 7) is 0. The van der Waals surface area contributed by atoms with E-state index in [0.717, 1.165) is 9.13 Å². The third-order valence-electron chi connectivity index (χ3n) is 4.12. The van der Waals surface area contributed by atoms with Crippen LogP contribution in [0.15, 0.2) is 33.9 Å². The summed E-state index contributed by atoms with van der Waals surface area (Å²) in [5, 5.41) is 5.03. The van der Waals surface area contributed by atoms with Gasteiger partial charge in [0, 0.05) is 26.2 Å². The molecule has 0 bridgehead atoms. The van der Waals surface area contributed by atoms with Crippen LogP contribution in [0.4, 0.5) is 15.9 Å². The van der Waals surface area contributed by atoms with E-state index in [1.165, 1.54) is 38.4 Å². The summed E-state index contributed by atoms with van der Waals surface area (Å²) in [6.07, 6.45) is -0.274. The number of aromatic nitrogens is 2. The molecule has 0 aliphatic carbocycles. The highest BCUT2D eigenvalue weighted by atomic mass is 19.1. The van der Waals surface area contributed by atoms with Gasteiger partial charge in [-0.2, -0.15) is 0 Å². The number of hydrogen-bond acceptors (Lipinski definition) is 4. The molecular weight excluding hydrogens is 331 g/mol. The number of fused-ring (bicyclic) bond motifs is 1. The Morgan fingerprint density at radius 2 is 1.80 bits per heavy atom. The van der Waals surface area contributed by atoms with Gasteiger partial charge in [-0.3, -0.25) is 23.5 Å². The molecule has 2 heterocycles. The first-order valence-corrected chi connectivity index (χ1v) is 7.45. The molecule has 25 heavy (non-hydrogen) atoms.